The molecule has 1 aromatic rings. The summed E-state index contributed by atoms with van der Waals surface area (Å²) in [5.74, 6) is 0.283. The van der Waals surface area contributed by atoms with Gasteiger partial charge in [0.15, 0.2) is 0 Å². The average Bonchev–Trinajstić information content (AvgIpc) is 2.64. The monoisotopic (exact) mass is 262 g/mol. The SMILES string of the molecule is O[C@@H]1COC[C@H]1Cc1ccc(Br)s1. The summed E-state index contributed by atoms with van der Waals surface area (Å²) >= 11 is 5.15. The molecule has 0 unspecified atom stereocenters. The van der Waals surface area contributed by atoms with Crippen LogP contribution in [0, 0.1) is 5.92 Å². The van der Waals surface area contributed by atoms with Crippen molar-refractivity contribution in [1.29, 1.82) is 0 Å². The fraction of sp³-hybridized carbons (Fsp3) is 0.556. The first-order valence-corrected chi connectivity index (χ1v) is 5.86. The molecule has 0 aliphatic carbocycles. The largest absolute Gasteiger partial charge is 0.390 e. The van der Waals surface area contributed by atoms with E-state index >= 15 is 0 Å². The molecule has 1 N–H and O–H groups in total. The fourth-order valence-electron chi connectivity index (χ4n) is 1.50. The summed E-state index contributed by atoms with van der Waals surface area (Å²) < 4.78 is 6.34. The molecule has 13 heavy (non-hydrogen) atoms. The number of halogens is 1. The molecule has 1 saturated heterocycles. The number of aliphatic hydroxyl groups is 1. The third-order valence-electron chi connectivity index (χ3n) is 2.26. The fourth-order valence-corrected chi connectivity index (χ4v) is 3.08. The molecule has 1 aliphatic heterocycles. The summed E-state index contributed by atoms with van der Waals surface area (Å²) in [7, 11) is 0. The first-order valence-electron chi connectivity index (χ1n) is 4.26. The smallest absolute Gasteiger partial charge is 0.0827 e. The minimum absolute atomic E-state index is 0.277. The zero-order chi connectivity index (χ0) is 9.26. The van der Waals surface area contributed by atoms with Crippen molar-refractivity contribution in [3.8, 4) is 0 Å². The van der Waals surface area contributed by atoms with Gasteiger partial charge in [-0.05, 0) is 34.5 Å². The number of aliphatic hydroxyl groups excluding tert-OH is 1. The predicted octanol–water partition coefficient (Wildman–Crippen LogP) is 2.06. The van der Waals surface area contributed by atoms with Crippen molar-refractivity contribution >= 4 is 27.3 Å². The molecule has 2 heterocycles. The third-order valence-corrected chi connectivity index (χ3v) is 3.90. The van der Waals surface area contributed by atoms with Crippen LogP contribution < -0.4 is 0 Å². The minimum atomic E-state index is -0.277. The summed E-state index contributed by atoms with van der Waals surface area (Å²) in [5.41, 5.74) is 0. The van der Waals surface area contributed by atoms with E-state index in [-0.39, 0.29) is 12.0 Å². The standard InChI is InChI=1S/C9H11BrO2S/c10-9-2-1-7(13-9)3-6-4-12-5-8(6)11/h1-2,6,8,11H,3-5H2/t6-,8-/m1/s1. The van der Waals surface area contributed by atoms with E-state index in [2.05, 4.69) is 22.0 Å². The van der Waals surface area contributed by atoms with E-state index in [1.807, 2.05) is 6.07 Å². The molecule has 1 fully saturated rings. The van der Waals surface area contributed by atoms with Gasteiger partial charge in [-0.2, -0.15) is 0 Å². The first kappa shape index (κ1) is 9.65. The highest BCUT2D eigenvalue weighted by molar-refractivity contribution is 9.11. The van der Waals surface area contributed by atoms with Crippen LogP contribution in [0.25, 0.3) is 0 Å². The molecule has 0 amide bonds. The zero-order valence-electron chi connectivity index (χ0n) is 7.07. The van der Waals surface area contributed by atoms with Crippen LogP contribution in [-0.2, 0) is 11.2 Å². The van der Waals surface area contributed by atoms with Gasteiger partial charge >= 0.3 is 0 Å². The Hall–Kier alpha value is 0.1000. The van der Waals surface area contributed by atoms with Gasteiger partial charge in [0.1, 0.15) is 0 Å². The molecule has 0 spiro atoms. The number of hydrogen-bond donors (Lipinski definition) is 1. The molecule has 2 nitrogen and oxygen atoms in total. The maximum absolute atomic E-state index is 9.52. The quantitative estimate of drug-likeness (QED) is 0.885. The maximum atomic E-state index is 9.52. The molecule has 72 valence electrons. The van der Waals surface area contributed by atoms with Crippen molar-refractivity contribution in [2.45, 2.75) is 12.5 Å². The summed E-state index contributed by atoms with van der Waals surface area (Å²) in [5, 5.41) is 9.52. The van der Waals surface area contributed by atoms with Crippen molar-refractivity contribution in [1.82, 2.24) is 0 Å². The highest BCUT2D eigenvalue weighted by Gasteiger charge is 2.26. The van der Waals surface area contributed by atoms with Gasteiger partial charge < -0.3 is 9.84 Å². The molecule has 1 aromatic heterocycles. The zero-order valence-corrected chi connectivity index (χ0v) is 9.47. The molecular weight excluding hydrogens is 252 g/mol. The van der Waals surface area contributed by atoms with Gasteiger partial charge in [0, 0.05) is 10.8 Å². The lowest BCUT2D eigenvalue weighted by Crippen LogP contribution is -2.19. The Kier molecular flexibility index (Phi) is 3.03. The van der Waals surface area contributed by atoms with E-state index in [1.165, 1.54) is 4.88 Å². The van der Waals surface area contributed by atoms with Crippen molar-refractivity contribution in [2.75, 3.05) is 13.2 Å². The van der Waals surface area contributed by atoms with Crippen LogP contribution in [0.3, 0.4) is 0 Å². The van der Waals surface area contributed by atoms with Gasteiger partial charge in [-0.3, -0.25) is 0 Å². The lowest BCUT2D eigenvalue weighted by molar-refractivity contribution is 0.118. The van der Waals surface area contributed by atoms with Crippen molar-refractivity contribution in [3.63, 3.8) is 0 Å². The predicted molar refractivity (Wildman–Crippen MR) is 56.0 cm³/mol. The van der Waals surface area contributed by atoms with E-state index in [0.29, 0.717) is 13.2 Å². The number of ether oxygens (including phenoxy) is 1. The molecule has 0 aromatic carbocycles. The Balaban J connectivity index is 1.97. The second-order valence-corrected chi connectivity index (χ2v) is 5.82. The molecule has 0 bridgehead atoms. The van der Waals surface area contributed by atoms with Crippen LogP contribution in [-0.4, -0.2) is 24.4 Å². The van der Waals surface area contributed by atoms with Gasteiger partial charge in [-0.15, -0.1) is 11.3 Å². The number of hydrogen-bond acceptors (Lipinski definition) is 3. The number of rotatable bonds is 2. The molecule has 1 aliphatic rings. The Morgan fingerprint density at radius 3 is 2.92 bits per heavy atom. The average molecular weight is 263 g/mol. The molecule has 2 rings (SSSR count). The second kappa shape index (κ2) is 4.09. The summed E-state index contributed by atoms with van der Waals surface area (Å²) in [6, 6.07) is 4.14. The van der Waals surface area contributed by atoms with Gasteiger partial charge in [-0.1, -0.05) is 0 Å². The van der Waals surface area contributed by atoms with Crippen molar-refractivity contribution < 1.29 is 9.84 Å². The van der Waals surface area contributed by atoms with Crippen molar-refractivity contribution in [3.05, 3.63) is 20.8 Å². The lowest BCUT2D eigenvalue weighted by Gasteiger charge is -2.09. The van der Waals surface area contributed by atoms with Gasteiger partial charge in [0.05, 0.1) is 23.1 Å². The third kappa shape index (κ3) is 2.31. The topological polar surface area (TPSA) is 29.5 Å². The summed E-state index contributed by atoms with van der Waals surface area (Å²) in [6.45, 7) is 1.19. The molecule has 2 atom stereocenters. The van der Waals surface area contributed by atoms with Gasteiger partial charge in [0.25, 0.3) is 0 Å². The Labute approximate surface area is 89.7 Å². The van der Waals surface area contributed by atoms with E-state index in [9.17, 15) is 5.11 Å². The molecule has 0 saturated carbocycles. The van der Waals surface area contributed by atoms with E-state index in [1.54, 1.807) is 11.3 Å². The van der Waals surface area contributed by atoms with Crippen molar-refractivity contribution in [2.24, 2.45) is 5.92 Å². The highest BCUT2D eigenvalue weighted by Crippen LogP contribution is 2.26. The Morgan fingerprint density at radius 1 is 1.54 bits per heavy atom. The Morgan fingerprint density at radius 2 is 2.38 bits per heavy atom. The second-order valence-electron chi connectivity index (χ2n) is 3.27. The molecule has 4 heteroatoms. The van der Waals surface area contributed by atoms with Gasteiger partial charge in [-0.25, -0.2) is 0 Å². The first-order chi connectivity index (χ1) is 6.25. The summed E-state index contributed by atoms with van der Waals surface area (Å²) in [6.07, 6.45) is 0.651. The van der Waals surface area contributed by atoms with Crippen LogP contribution in [0.4, 0.5) is 0 Å². The van der Waals surface area contributed by atoms with E-state index in [4.69, 9.17) is 4.74 Å². The van der Waals surface area contributed by atoms with Crippen LogP contribution >= 0.6 is 27.3 Å². The molecular formula is C9H11BrO2S. The van der Waals surface area contributed by atoms with Crippen LogP contribution in [0.1, 0.15) is 4.88 Å². The van der Waals surface area contributed by atoms with E-state index < -0.39 is 0 Å². The normalized spacial score (nSPS) is 28.2. The lowest BCUT2D eigenvalue weighted by atomic mass is 10.0. The summed E-state index contributed by atoms with van der Waals surface area (Å²) in [4.78, 5) is 1.31. The Bertz CT molecular complexity index is 287. The van der Waals surface area contributed by atoms with E-state index in [0.717, 1.165) is 10.2 Å². The van der Waals surface area contributed by atoms with Crippen LogP contribution in [0.15, 0.2) is 15.9 Å². The molecule has 0 radical (unpaired) electrons. The highest BCUT2D eigenvalue weighted by atomic mass is 79.9. The number of thiophene rings is 1. The minimum Gasteiger partial charge on any atom is -0.390 e. The van der Waals surface area contributed by atoms with Crippen LogP contribution in [0.5, 0.6) is 0 Å². The maximum Gasteiger partial charge on any atom is 0.0827 e. The van der Waals surface area contributed by atoms with Crippen LogP contribution in [0.2, 0.25) is 0 Å². The van der Waals surface area contributed by atoms with Gasteiger partial charge in [0.2, 0.25) is 0 Å².